The predicted octanol–water partition coefficient (Wildman–Crippen LogP) is 3.40. The van der Waals surface area contributed by atoms with Gasteiger partial charge in [0, 0.05) is 0 Å². The molecule has 2 aromatic rings. The molecule has 104 valence electrons. The van der Waals surface area contributed by atoms with Crippen LogP contribution in [0.3, 0.4) is 0 Å². The SMILES string of the molecule is O=Cc1nc(-c2c(F)c(F)c(F)c(F)c2F)ccc1F. The molecule has 1 heterocycles. The first-order valence-electron chi connectivity index (χ1n) is 5.02. The van der Waals surface area contributed by atoms with E-state index in [1.165, 1.54) is 0 Å². The third kappa shape index (κ3) is 2.02. The smallest absolute Gasteiger partial charge is 0.200 e. The molecule has 0 aliphatic carbocycles. The number of pyridine rings is 1. The molecule has 8 heteroatoms. The van der Waals surface area contributed by atoms with Crippen molar-refractivity contribution in [3.05, 3.63) is 52.7 Å². The Balaban J connectivity index is 2.79. The van der Waals surface area contributed by atoms with E-state index in [-0.39, 0.29) is 6.29 Å². The van der Waals surface area contributed by atoms with Gasteiger partial charge in [0.05, 0.1) is 11.3 Å². The number of carbonyl (C=O) groups is 1. The summed E-state index contributed by atoms with van der Waals surface area (Å²) >= 11 is 0. The number of nitrogens with zero attached hydrogens (tertiary/aromatic N) is 1. The molecule has 0 aliphatic rings. The molecule has 0 radical (unpaired) electrons. The Bertz CT molecular complexity index is 687. The van der Waals surface area contributed by atoms with E-state index < -0.39 is 51.9 Å². The average Bonchev–Trinajstić information content (AvgIpc) is 2.45. The summed E-state index contributed by atoms with van der Waals surface area (Å²) in [6, 6.07) is 1.32. The Morgan fingerprint density at radius 3 is 1.80 bits per heavy atom. The van der Waals surface area contributed by atoms with Gasteiger partial charge in [-0.3, -0.25) is 4.79 Å². The van der Waals surface area contributed by atoms with Crippen LogP contribution >= 0.6 is 0 Å². The number of rotatable bonds is 2. The summed E-state index contributed by atoms with van der Waals surface area (Å²) in [5, 5.41) is 0. The van der Waals surface area contributed by atoms with Crippen LogP contribution in [0.25, 0.3) is 11.3 Å². The summed E-state index contributed by atoms with van der Waals surface area (Å²) in [6.45, 7) is 0. The van der Waals surface area contributed by atoms with Crippen molar-refractivity contribution in [2.75, 3.05) is 0 Å². The number of benzene rings is 1. The largest absolute Gasteiger partial charge is 0.296 e. The van der Waals surface area contributed by atoms with Crippen LogP contribution in [0.2, 0.25) is 0 Å². The van der Waals surface area contributed by atoms with Gasteiger partial charge in [-0.25, -0.2) is 31.3 Å². The van der Waals surface area contributed by atoms with Crippen molar-refractivity contribution in [1.82, 2.24) is 4.98 Å². The lowest BCUT2D eigenvalue weighted by molar-refractivity contribution is 0.111. The molecular formula is C12H3F6NO. The molecule has 0 saturated heterocycles. The summed E-state index contributed by atoms with van der Waals surface area (Å²) in [6.07, 6.45) is -0.0507. The third-order valence-electron chi connectivity index (χ3n) is 2.45. The van der Waals surface area contributed by atoms with Gasteiger partial charge in [-0.15, -0.1) is 0 Å². The minimum Gasteiger partial charge on any atom is -0.296 e. The van der Waals surface area contributed by atoms with E-state index in [0.29, 0.717) is 12.1 Å². The third-order valence-corrected chi connectivity index (χ3v) is 2.45. The van der Waals surface area contributed by atoms with E-state index in [2.05, 4.69) is 4.98 Å². The Hall–Kier alpha value is -2.38. The first-order valence-corrected chi connectivity index (χ1v) is 5.02. The fourth-order valence-corrected chi connectivity index (χ4v) is 1.51. The van der Waals surface area contributed by atoms with E-state index >= 15 is 0 Å². The Morgan fingerprint density at radius 2 is 1.30 bits per heavy atom. The molecule has 20 heavy (non-hydrogen) atoms. The number of aldehydes is 1. The molecule has 1 aromatic carbocycles. The van der Waals surface area contributed by atoms with E-state index in [0.717, 1.165) is 0 Å². The zero-order chi connectivity index (χ0) is 15.0. The number of halogens is 6. The lowest BCUT2D eigenvalue weighted by Crippen LogP contribution is -2.06. The van der Waals surface area contributed by atoms with Gasteiger partial charge in [0.25, 0.3) is 0 Å². The van der Waals surface area contributed by atoms with Crippen LogP contribution in [0.15, 0.2) is 12.1 Å². The van der Waals surface area contributed by atoms with Crippen LogP contribution < -0.4 is 0 Å². The topological polar surface area (TPSA) is 30.0 Å². The quantitative estimate of drug-likeness (QED) is 0.367. The molecule has 0 saturated carbocycles. The summed E-state index contributed by atoms with van der Waals surface area (Å²) < 4.78 is 78.9. The van der Waals surface area contributed by atoms with Gasteiger partial charge in [0.1, 0.15) is 5.69 Å². The summed E-state index contributed by atoms with van der Waals surface area (Å²) in [5.41, 5.74) is -2.89. The van der Waals surface area contributed by atoms with Crippen molar-refractivity contribution in [2.24, 2.45) is 0 Å². The molecule has 0 bridgehead atoms. The molecule has 0 amide bonds. The molecule has 0 aliphatic heterocycles. The highest BCUT2D eigenvalue weighted by Gasteiger charge is 2.27. The maximum Gasteiger partial charge on any atom is 0.200 e. The van der Waals surface area contributed by atoms with Crippen LogP contribution in [0, 0.1) is 34.9 Å². The monoisotopic (exact) mass is 291 g/mol. The van der Waals surface area contributed by atoms with Crippen molar-refractivity contribution >= 4 is 6.29 Å². The lowest BCUT2D eigenvalue weighted by atomic mass is 10.1. The molecular weight excluding hydrogens is 288 g/mol. The van der Waals surface area contributed by atoms with Gasteiger partial charge in [-0.05, 0) is 12.1 Å². The number of carbonyl (C=O) groups excluding carboxylic acids is 1. The van der Waals surface area contributed by atoms with Gasteiger partial charge < -0.3 is 0 Å². The van der Waals surface area contributed by atoms with Crippen LogP contribution in [0.1, 0.15) is 10.5 Å². The second kappa shape index (κ2) is 4.95. The first-order chi connectivity index (χ1) is 9.38. The highest BCUT2D eigenvalue weighted by Crippen LogP contribution is 2.30. The van der Waals surface area contributed by atoms with Gasteiger partial charge in [0.15, 0.2) is 35.4 Å². The Morgan fingerprint density at radius 1 is 0.800 bits per heavy atom. The van der Waals surface area contributed by atoms with E-state index in [9.17, 15) is 31.1 Å². The highest BCUT2D eigenvalue weighted by atomic mass is 19.2. The highest BCUT2D eigenvalue weighted by molar-refractivity contribution is 5.74. The second-order valence-corrected chi connectivity index (χ2v) is 3.63. The van der Waals surface area contributed by atoms with Crippen LogP contribution in [0.5, 0.6) is 0 Å². The normalized spacial score (nSPS) is 10.7. The van der Waals surface area contributed by atoms with Crippen molar-refractivity contribution < 1.29 is 31.1 Å². The Kier molecular flexibility index (Phi) is 3.47. The maximum absolute atomic E-state index is 13.5. The average molecular weight is 291 g/mol. The van der Waals surface area contributed by atoms with E-state index in [1.54, 1.807) is 0 Å². The van der Waals surface area contributed by atoms with Crippen LogP contribution in [-0.2, 0) is 0 Å². The van der Waals surface area contributed by atoms with Crippen molar-refractivity contribution in [2.45, 2.75) is 0 Å². The second-order valence-electron chi connectivity index (χ2n) is 3.63. The molecule has 0 N–H and O–H groups in total. The van der Waals surface area contributed by atoms with Gasteiger partial charge in [-0.2, -0.15) is 0 Å². The Labute approximate surface area is 107 Å². The zero-order valence-electron chi connectivity index (χ0n) is 9.36. The molecule has 0 atom stereocenters. The van der Waals surface area contributed by atoms with Gasteiger partial charge in [-0.1, -0.05) is 0 Å². The number of hydrogen-bond acceptors (Lipinski definition) is 2. The zero-order valence-corrected chi connectivity index (χ0v) is 9.36. The van der Waals surface area contributed by atoms with Crippen LogP contribution in [-0.4, -0.2) is 11.3 Å². The standard InChI is InChI=1S/C12H3F6NO/c13-4-1-2-5(19-6(4)3-20)7-8(14)10(16)12(18)11(17)9(7)15/h1-3H. The summed E-state index contributed by atoms with van der Waals surface area (Å²) in [5.74, 6) is -11.9. The number of hydrogen-bond donors (Lipinski definition) is 0. The van der Waals surface area contributed by atoms with Crippen molar-refractivity contribution in [3.8, 4) is 11.3 Å². The minimum atomic E-state index is -2.32. The lowest BCUT2D eigenvalue weighted by Gasteiger charge is -2.08. The first kappa shape index (κ1) is 14.0. The molecule has 2 nitrogen and oxygen atoms in total. The predicted molar refractivity (Wildman–Crippen MR) is 54.8 cm³/mol. The van der Waals surface area contributed by atoms with Crippen molar-refractivity contribution in [1.29, 1.82) is 0 Å². The maximum atomic E-state index is 13.5. The van der Waals surface area contributed by atoms with E-state index in [1.807, 2.05) is 0 Å². The fraction of sp³-hybridized carbons (Fsp3) is 0. The van der Waals surface area contributed by atoms with Gasteiger partial charge >= 0.3 is 0 Å². The molecule has 2 rings (SSSR count). The van der Waals surface area contributed by atoms with Crippen LogP contribution in [0.4, 0.5) is 26.3 Å². The number of aromatic nitrogens is 1. The van der Waals surface area contributed by atoms with Crippen molar-refractivity contribution in [3.63, 3.8) is 0 Å². The van der Waals surface area contributed by atoms with Gasteiger partial charge in [0.2, 0.25) is 5.82 Å². The molecule has 0 fully saturated rings. The molecule has 0 spiro atoms. The fourth-order valence-electron chi connectivity index (χ4n) is 1.51. The van der Waals surface area contributed by atoms with E-state index in [4.69, 9.17) is 0 Å². The molecule has 0 unspecified atom stereocenters. The minimum absolute atomic E-state index is 0.0507. The summed E-state index contributed by atoms with van der Waals surface area (Å²) in [7, 11) is 0. The summed E-state index contributed by atoms with van der Waals surface area (Å²) in [4.78, 5) is 13.7. The molecule has 1 aromatic heterocycles.